The fraction of sp³-hybridized carbons (Fsp3) is 0.750. The van der Waals surface area contributed by atoms with Crippen LogP contribution in [0, 0.1) is 5.92 Å². The van der Waals surface area contributed by atoms with E-state index in [1.54, 1.807) is 0 Å². The summed E-state index contributed by atoms with van der Waals surface area (Å²) in [5.74, 6) is -1.93. The number of hydrogen-bond acceptors (Lipinski definition) is 4. The molecule has 0 rings (SSSR count). The van der Waals surface area contributed by atoms with Crippen molar-refractivity contribution in [2.45, 2.75) is 6.92 Å². The highest BCUT2D eigenvalue weighted by Crippen LogP contribution is 1.90. The Balaban J connectivity index is 3.78. The SMILES string of the molecule is CNS(=O)(=O)CCNC(=O)NCC(C)C(=O)O. The molecule has 0 heterocycles. The minimum atomic E-state index is -3.35. The molecular weight excluding hydrogens is 250 g/mol. The summed E-state index contributed by atoms with van der Waals surface area (Å²) in [7, 11) is -2.06. The van der Waals surface area contributed by atoms with Crippen molar-refractivity contribution in [2.24, 2.45) is 5.92 Å². The van der Waals surface area contributed by atoms with E-state index in [-0.39, 0.29) is 18.8 Å². The summed E-state index contributed by atoms with van der Waals surface area (Å²) in [5, 5.41) is 13.2. The lowest BCUT2D eigenvalue weighted by molar-refractivity contribution is -0.140. The second-order valence-corrected chi connectivity index (χ2v) is 5.45. The van der Waals surface area contributed by atoms with Crippen LogP contribution in [0.15, 0.2) is 0 Å². The molecule has 1 atom stereocenters. The van der Waals surface area contributed by atoms with Crippen molar-refractivity contribution >= 4 is 22.0 Å². The molecule has 8 nitrogen and oxygen atoms in total. The average Bonchev–Trinajstić information content (AvgIpc) is 2.25. The molecule has 2 amide bonds. The van der Waals surface area contributed by atoms with Crippen molar-refractivity contribution in [3.63, 3.8) is 0 Å². The van der Waals surface area contributed by atoms with Crippen molar-refractivity contribution in [3.05, 3.63) is 0 Å². The number of carbonyl (C=O) groups is 2. The fourth-order valence-corrected chi connectivity index (χ4v) is 1.37. The third-order valence-electron chi connectivity index (χ3n) is 1.96. The third kappa shape index (κ3) is 7.53. The van der Waals surface area contributed by atoms with Gasteiger partial charge < -0.3 is 15.7 Å². The van der Waals surface area contributed by atoms with Gasteiger partial charge in [-0.25, -0.2) is 17.9 Å². The first-order valence-corrected chi connectivity index (χ1v) is 6.59. The highest BCUT2D eigenvalue weighted by molar-refractivity contribution is 7.89. The lowest BCUT2D eigenvalue weighted by Gasteiger charge is -2.09. The Morgan fingerprint density at radius 1 is 1.29 bits per heavy atom. The first-order chi connectivity index (χ1) is 7.78. The number of sulfonamides is 1. The minimum Gasteiger partial charge on any atom is -0.481 e. The summed E-state index contributed by atoms with van der Waals surface area (Å²) in [6.45, 7) is 1.39. The summed E-state index contributed by atoms with van der Waals surface area (Å²) in [6, 6.07) is -0.593. The number of rotatable bonds is 7. The van der Waals surface area contributed by atoms with Gasteiger partial charge in [-0.1, -0.05) is 6.92 Å². The molecule has 17 heavy (non-hydrogen) atoms. The van der Waals surface area contributed by atoms with E-state index in [2.05, 4.69) is 15.4 Å². The summed E-state index contributed by atoms with van der Waals surface area (Å²) in [4.78, 5) is 21.6. The van der Waals surface area contributed by atoms with Crippen molar-refractivity contribution in [1.82, 2.24) is 15.4 Å². The van der Waals surface area contributed by atoms with Crippen molar-refractivity contribution in [3.8, 4) is 0 Å². The van der Waals surface area contributed by atoms with Gasteiger partial charge in [0.1, 0.15) is 0 Å². The van der Waals surface area contributed by atoms with Crippen LogP contribution < -0.4 is 15.4 Å². The van der Waals surface area contributed by atoms with Gasteiger partial charge in [0.05, 0.1) is 11.7 Å². The summed E-state index contributed by atoms with van der Waals surface area (Å²) >= 11 is 0. The van der Waals surface area contributed by atoms with E-state index in [0.717, 1.165) is 0 Å². The Morgan fingerprint density at radius 2 is 1.88 bits per heavy atom. The standard InChI is InChI=1S/C8H17N3O5S/c1-6(7(12)13)5-11-8(14)10-3-4-17(15,16)9-2/h6,9H,3-5H2,1-2H3,(H,12,13)(H2,10,11,14). The lowest BCUT2D eigenvalue weighted by Crippen LogP contribution is -2.41. The molecule has 0 aliphatic rings. The second kappa shape index (κ2) is 7.07. The molecule has 0 bridgehead atoms. The monoisotopic (exact) mass is 267 g/mol. The molecule has 9 heteroatoms. The molecule has 0 saturated heterocycles. The van der Waals surface area contributed by atoms with Crippen LogP contribution in [0.3, 0.4) is 0 Å². The fourth-order valence-electron chi connectivity index (χ4n) is 0.797. The zero-order valence-corrected chi connectivity index (χ0v) is 10.5. The van der Waals surface area contributed by atoms with E-state index in [1.165, 1.54) is 14.0 Å². The molecule has 0 aromatic heterocycles. The van der Waals surface area contributed by atoms with E-state index >= 15 is 0 Å². The van der Waals surface area contributed by atoms with Crippen LogP contribution in [0.4, 0.5) is 4.79 Å². The third-order valence-corrected chi connectivity index (χ3v) is 3.32. The Kier molecular flexibility index (Phi) is 6.51. The van der Waals surface area contributed by atoms with E-state index in [9.17, 15) is 18.0 Å². The Labute approximate surface area is 99.8 Å². The molecule has 0 aromatic carbocycles. The molecule has 0 aromatic rings. The Hall–Kier alpha value is -1.35. The molecule has 1 unspecified atom stereocenters. The highest BCUT2D eigenvalue weighted by Gasteiger charge is 2.12. The number of carboxylic acids is 1. The number of nitrogens with one attached hydrogen (secondary N) is 3. The van der Waals surface area contributed by atoms with Gasteiger partial charge in [-0.3, -0.25) is 4.79 Å². The molecule has 0 aliphatic heterocycles. The van der Waals surface area contributed by atoms with Crippen LogP contribution in [-0.2, 0) is 14.8 Å². The number of carboxylic acid groups (broad SMARTS) is 1. The number of carbonyl (C=O) groups excluding carboxylic acids is 1. The van der Waals surface area contributed by atoms with Gasteiger partial charge in [0.25, 0.3) is 0 Å². The lowest BCUT2D eigenvalue weighted by atomic mass is 10.2. The van der Waals surface area contributed by atoms with Crippen LogP contribution in [0.5, 0.6) is 0 Å². The minimum absolute atomic E-state index is 0.0139. The zero-order chi connectivity index (χ0) is 13.5. The summed E-state index contributed by atoms with van der Waals surface area (Å²) < 4.78 is 24.1. The number of aliphatic carboxylic acids is 1. The number of urea groups is 1. The van der Waals surface area contributed by atoms with E-state index in [4.69, 9.17) is 5.11 Å². The largest absolute Gasteiger partial charge is 0.481 e. The van der Waals surface area contributed by atoms with E-state index in [0.29, 0.717) is 0 Å². The maximum atomic E-state index is 11.1. The van der Waals surface area contributed by atoms with Gasteiger partial charge in [0, 0.05) is 13.1 Å². The van der Waals surface area contributed by atoms with Gasteiger partial charge >= 0.3 is 12.0 Å². The molecule has 100 valence electrons. The Morgan fingerprint density at radius 3 is 2.35 bits per heavy atom. The van der Waals surface area contributed by atoms with Crippen LogP contribution in [0.2, 0.25) is 0 Å². The normalized spacial score (nSPS) is 12.8. The molecule has 0 aliphatic carbocycles. The van der Waals surface area contributed by atoms with Gasteiger partial charge in [-0.05, 0) is 7.05 Å². The quantitative estimate of drug-likeness (QED) is 0.449. The number of amides is 2. The van der Waals surface area contributed by atoms with Gasteiger partial charge in [0.2, 0.25) is 10.0 Å². The predicted molar refractivity (Wildman–Crippen MR) is 61.0 cm³/mol. The van der Waals surface area contributed by atoms with Crippen molar-refractivity contribution < 1.29 is 23.1 Å². The van der Waals surface area contributed by atoms with Crippen LogP contribution in [0.25, 0.3) is 0 Å². The van der Waals surface area contributed by atoms with E-state index < -0.39 is 27.9 Å². The maximum absolute atomic E-state index is 11.1. The van der Waals surface area contributed by atoms with Gasteiger partial charge in [-0.15, -0.1) is 0 Å². The van der Waals surface area contributed by atoms with Crippen LogP contribution in [-0.4, -0.2) is 51.4 Å². The van der Waals surface area contributed by atoms with Gasteiger partial charge in [-0.2, -0.15) is 0 Å². The van der Waals surface area contributed by atoms with Gasteiger partial charge in [0.15, 0.2) is 0 Å². The van der Waals surface area contributed by atoms with Crippen molar-refractivity contribution in [1.29, 1.82) is 0 Å². The van der Waals surface area contributed by atoms with Crippen LogP contribution >= 0.6 is 0 Å². The summed E-state index contributed by atoms with van der Waals surface area (Å²) in [6.07, 6.45) is 0. The first kappa shape index (κ1) is 15.7. The topological polar surface area (TPSA) is 125 Å². The summed E-state index contributed by atoms with van der Waals surface area (Å²) in [5.41, 5.74) is 0. The predicted octanol–water partition coefficient (Wildman–Crippen LogP) is -1.44. The number of hydrogen-bond donors (Lipinski definition) is 4. The highest BCUT2D eigenvalue weighted by atomic mass is 32.2. The first-order valence-electron chi connectivity index (χ1n) is 4.94. The smallest absolute Gasteiger partial charge is 0.314 e. The van der Waals surface area contributed by atoms with E-state index in [1.807, 2.05) is 0 Å². The second-order valence-electron chi connectivity index (χ2n) is 3.40. The molecule has 0 spiro atoms. The molecule has 4 N–H and O–H groups in total. The Bertz CT molecular complexity index is 367. The van der Waals surface area contributed by atoms with Crippen LogP contribution in [0.1, 0.15) is 6.92 Å². The molecule has 0 radical (unpaired) electrons. The van der Waals surface area contributed by atoms with Crippen molar-refractivity contribution in [2.75, 3.05) is 25.9 Å². The average molecular weight is 267 g/mol. The maximum Gasteiger partial charge on any atom is 0.314 e. The molecule has 0 fully saturated rings. The molecule has 0 saturated carbocycles. The zero-order valence-electron chi connectivity index (χ0n) is 9.69. The molecular formula is C8H17N3O5S.